The van der Waals surface area contributed by atoms with Crippen molar-refractivity contribution in [2.24, 2.45) is 0 Å². The van der Waals surface area contributed by atoms with E-state index in [-0.39, 0.29) is 5.63 Å². The molecular formula is C15H16BrNO2. The smallest absolute Gasteiger partial charge is 0.340 e. The van der Waals surface area contributed by atoms with Gasteiger partial charge in [0.2, 0.25) is 0 Å². The molecule has 1 aromatic heterocycles. The Labute approximate surface area is 120 Å². The number of piperidine rings is 1. The highest BCUT2D eigenvalue weighted by atomic mass is 79.9. The Morgan fingerprint density at radius 1 is 1.16 bits per heavy atom. The fourth-order valence-electron chi connectivity index (χ4n) is 2.61. The van der Waals surface area contributed by atoms with Crippen LogP contribution in [0.1, 0.15) is 24.8 Å². The van der Waals surface area contributed by atoms with Gasteiger partial charge in [-0.2, -0.15) is 0 Å². The van der Waals surface area contributed by atoms with Crippen LogP contribution in [0.15, 0.2) is 37.9 Å². The first-order valence-corrected chi connectivity index (χ1v) is 7.46. The topological polar surface area (TPSA) is 33.5 Å². The lowest BCUT2D eigenvalue weighted by Gasteiger charge is -2.25. The summed E-state index contributed by atoms with van der Waals surface area (Å²) in [4.78, 5) is 14.3. The molecule has 0 atom stereocenters. The monoisotopic (exact) mass is 321 g/mol. The summed E-state index contributed by atoms with van der Waals surface area (Å²) in [7, 11) is 0. The average Bonchev–Trinajstić information content (AvgIpc) is 2.41. The molecule has 4 heteroatoms. The van der Waals surface area contributed by atoms with Crippen molar-refractivity contribution in [2.75, 3.05) is 13.1 Å². The fraction of sp³-hybridized carbons (Fsp3) is 0.400. The first kappa shape index (κ1) is 12.9. The standard InChI is InChI=1S/C15H16BrNO2/c16-13-4-5-14-11(9-13)8-12(15(18)19-14)10-17-6-2-1-3-7-17/h4-5,8-9H,1-3,6-7,10H2. The lowest BCUT2D eigenvalue weighted by Crippen LogP contribution is -2.31. The Balaban J connectivity index is 1.93. The largest absolute Gasteiger partial charge is 0.422 e. The molecule has 1 fully saturated rings. The Kier molecular flexibility index (Phi) is 3.71. The Morgan fingerprint density at radius 3 is 2.74 bits per heavy atom. The van der Waals surface area contributed by atoms with E-state index in [9.17, 15) is 4.79 Å². The zero-order chi connectivity index (χ0) is 13.2. The number of benzene rings is 1. The van der Waals surface area contributed by atoms with Crippen molar-refractivity contribution in [2.45, 2.75) is 25.8 Å². The van der Waals surface area contributed by atoms with Gasteiger partial charge in [-0.25, -0.2) is 4.79 Å². The average molecular weight is 322 g/mol. The van der Waals surface area contributed by atoms with Crippen molar-refractivity contribution >= 4 is 26.9 Å². The minimum Gasteiger partial charge on any atom is -0.422 e. The SMILES string of the molecule is O=c1oc2ccc(Br)cc2cc1CN1CCCCC1. The molecule has 0 spiro atoms. The second kappa shape index (κ2) is 5.47. The van der Waals surface area contributed by atoms with Crippen LogP contribution in [0.5, 0.6) is 0 Å². The van der Waals surface area contributed by atoms with Crippen LogP contribution in [0, 0.1) is 0 Å². The predicted molar refractivity (Wildman–Crippen MR) is 79.3 cm³/mol. The van der Waals surface area contributed by atoms with Gasteiger partial charge in [0.15, 0.2) is 0 Å². The third-order valence-corrected chi connectivity index (χ3v) is 4.10. The molecule has 0 N–H and O–H groups in total. The number of rotatable bonds is 2. The summed E-state index contributed by atoms with van der Waals surface area (Å²) >= 11 is 3.44. The second-order valence-electron chi connectivity index (χ2n) is 5.08. The van der Waals surface area contributed by atoms with E-state index in [4.69, 9.17) is 4.42 Å². The first-order chi connectivity index (χ1) is 9.22. The Morgan fingerprint density at radius 2 is 1.95 bits per heavy atom. The highest BCUT2D eigenvalue weighted by molar-refractivity contribution is 9.10. The second-order valence-corrected chi connectivity index (χ2v) is 5.99. The summed E-state index contributed by atoms with van der Waals surface area (Å²) < 4.78 is 6.38. The van der Waals surface area contributed by atoms with Gasteiger partial charge in [0.05, 0.1) is 5.56 Å². The van der Waals surface area contributed by atoms with Gasteiger partial charge < -0.3 is 4.42 Å². The van der Waals surface area contributed by atoms with Gasteiger partial charge in [-0.15, -0.1) is 0 Å². The summed E-state index contributed by atoms with van der Waals surface area (Å²) in [6.07, 6.45) is 3.75. The summed E-state index contributed by atoms with van der Waals surface area (Å²) in [5.41, 5.74) is 1.20. The van der Waals surface area contributed by atoms with Crippen LogP contribution >= 0.6 is 15.9 Å². The highest BCUT2D eigenvalue weighted by Gasteiger charge is 2.13. The van der Waals surface area contributed by atoms with Crippen LogP contribution in [0.4, 0.5) is 0 Å². The highest BCUT2D eigenvalue weighted by Crippen LogP contribution is 2.20. The van der Waals surface area contributed by atoms with Crippen molar-refractivity contribution in [1.82, 2.24) is 4.90 Å². The van der Waals surface area contributed by atoms with Crippen LogP contribution in [0.2, 0.25) is 0 Å². The molecule has 0 amide bonds. The maximum atomic E-state index is 12.0. The van der Waals surface area contributed by atoms with Gasteiger partial charge in [-0.05, 0) is 50.2 Å². The number of likely N-dealkylation sites (tertiary alicyclic amines) is 1. The first-order valence-electron chi connectivity index (χ1n) is 6.67. The molecule has 0 saturated carbocycles. The molecule has 1 aliphatic rings. The summed E-state index contributed by atoms with van der Waals surface area (Å²) in [5.74, 6) is 0. The molecule has 0 bridgehead atoms. The van der Waals surface area contributed by atoms with E-state index in [2.05, 4.69) is 20.8 Å². The molecule has 0 aliphatic carbocycles. The quantitative estimate of drug-likeness (QED) is 0.793. The minimum atomic E-state index is -0.208. The number of halogens is 1. The molecule has 100 valence electrons. The molecule has 0 unspecified atom stereocenters. The van der Waals surface area contributed by atoms with E-state index in [1.54, 1.807) is 0 Å². The lowest BCUT2D eigenvalue weighted by molar-refractivity contribution is 0.218. The van der Waals surface area contributed by atoms with Gasteiger partial charge in [-0.3, -0.25) is 4.90 Å². The molecule has 1 saturated heterocycles. The van der Waals surface area contributed by atoms with Crippen LogP contribution in [-0.4, -0.2) is 18.0 Å². The third kappa shape index (κ3) is 2.90. The van der Waals surface area contributed by atoms with Crippen molar-refractivity contribution in [1.29, 1.82) is 0 Å². The van der Waals surface area contributed by atoms with E-state index in [0.717, 1.165) is 28.5 Å². The van der Waals surface area contributed by atoms with Gasteiger partial charge >= 0.3 is 5.63 Å². The van der Waals surface area contributed by atoms with Crippen LogP contribution < -0.4 is 5.63 Å². The van der Waals surface area contributed by atoms with E-state index in [1.165, 1.54) is 19.3 Å². The third-order valence-electron chi connectivity index (χ3n) is 3.61. The summed E-state index contributed by atoms with van der Waals surface area (Å²) in [6.45, 7) is 2.86. The van der Waals surface area contributed by atoms with Crippen LogP contribution in [0.3, 0.4) is 0 Å². The fourth-order valence-corrected chi connectivity index (χ4v) is 2.98. The van der Waals surface area contributed by atoms with Crippen molar-refractivity contribution in [3.63, 3.8) is 0 Å². The predicted octanol–water partition coefficient (Wildman–Crippen LogP) is 3.54. The Bertz CT molecular complexity index is 644. The summed E-state index contributed by atoms with van der Waals surface area (Å²) in [6, 6.07) is 7.65. The van der Waals surface area contributed by atoms with Crippen LogP contribution in [0.25, 0.3) is 11.0 Å². The molecule has 2 heterocycles. The zero-order valence-electron chi connectivity index (χ0n) is 10.7. The number of fused-ring (bicyclic) bond motifs is 1. The van der Waals surface area contributed by atoms with Crippen molar-refractivity contribution < 1.29 is 4.42 Å². The van der Waals surface area contributed by atoms with Crippen molar-refractivity contribution in [3.05, 3.63) is 44.7 Å². The van der Waals surface area contributed by atoms with E-state index < -0.39 is 0 Å². The van der Waals surface area contributed by atoms with Gasteiger partial charge in [-0.1, -0.05) is 22.4 Å². The molecular weight excluding hydrogens is 306 g/mol. The van der Waals surface area contributed by atoms with E-state index >= 15 is 0 Å². The van der Waals surface area contributed by atoms with Crippen LogP contribution in [-0.2, 0) is 6.54 Å². The number of hydrogen-bond acceptors (Lipinski definition) is 3. The van der Waals surface area contributed by atoms with Gasteiger partial charge in [0.1, 0.15) is 5.58 Å². The van der Waals surface area contributed by atoms with E-state index in [0.29, 0.717) is 12.1 Å². The summed E-state index contributed by atoms with van der Waals surface area (Å²) in [5, 5.41) is 0.973. The number of nitrogens with zero attached hydrogens (tertiary/aromatic N) is 1. The normalized spacial score (nSPS) is 16.9. The molecule has 3 nitrogen and oxygen atoms in total. The molecule has 1 aliphatic heterocycles. The Hall–Kier alpha value is -1.13. The van der Waals surface area contributed by atoms with Crippen molar-refractivity contribution in [3.8, 4) is 0 Å². The van der Waals surface area contributed by atoms with E-state index in [1.807, 2.05) is 24.3 Å². The molecule has 2 aromatic rings. The van der Waals surface area contributed by atoms with Gasteiger partial charge in [0.25, 0.3) is 0 Å². The maximum Gasteiger partial charge on any atom is 0.340 e. The zero-order valence-corrected chi connectivity index (χ0v) is 12.3. The number of hydrogen-bond donors (Lipinski definition) is 0. The minimum absolute atomic E-state index is 0.208. The molecule has 3 rings (SSSR count). The lowest BCUT2D eigenvalue weighted by atomic mass is 10.1. The molecule has 1 aromatic carbocycles. The van der Waals surface area contributed by atoms with Gasteiger partial charge in [0, 0.05) is 16.4 Å². The molecule has 19 heavy (non-hydrogen) atoms. The maximum absolute atomic E-state index is 12.0. The molecule has 0 radical (unpaired) electrons.